The van der Waals surface area contributed by atoms with Gasteiger partial charge < -0.3 is 15.0 Å². The van der Waals surface area contributed by atoms with E-state index in [9.17, 15) is 4.79 Å². The second-order valence-corrected chi connectivity index (χ2v) is 6.37. The second kappa shape index (κ2) is 7.42. The van der Waals surface area contributed by atoms with Crippen molar-refractivity contribution in [2.75, 3.05) is 13.2 Å². The van der Waals surface area contributed by atoms with Gasteiger partial charge in [-0.05, 0) is 30.4 Å². The van der Waals surface area contributed by atoms with Crippen LogP contribution >= 0.6 is 11.3 Å². The van der Waals surface area contributed by atoms with Gasteiger partial charge in [-0.2, -0.15) is 5.10 Å². The summed E-state index contributed by atoms with van der Waals surface area (Å²) in [5.74, 6) is 0. The lowest BCUT2D eigenvalue weighted by Crippen LogP contribution is -2.42. The fourth-order valence-electron chi connectivity index (χ4n) is 2.51. The molecule has 3 rings (SSSR count). The number of aromatic amines is 1. The molecule has 1 aliphatic rings. The SMILES string of the molecule is O=C(NCc1ccn[nH]1)N(Cc1cccs1)CC1CCCO1. The molecule has 0 aromatic carbocycles. The van der Waals surface area contributed by atoms with E-state index >= 15 is 0 Å². The van der Waals surface area contributed by atoms with Crippen molar-refractivity contribution in [1.82, 2.24) is 20.4 Å². The lowest BCUT2D eigenvalue weighted by atomic mass is 10.2. The molecule has 0 spiro atoms. The molecule has 1 atom stereocenters. The number of nitrogens with zero attached hydrogens (tertiary/aromatic N) is 2. The Hall–Kier alpha value is -1.86. The smallest absolute Gasteiger partial charge is 0.318 e. The number of urea groups is 1. The molecule has 6 nitrogen and oxygen atoms in total. The predicted octanol–water partition coefficient (Wildman–Crippen LogP) is 2.36. The normalized spacial score (nSPS) is 17.5. The first-order valence-corrected chi connectivity index (χ1v) is 8.34. The number of carbonyl (C=O) groups excluding carboxylic acids is 1. The fraction of sp³-hybridized carbons (Fsp3) is 0.467. The van der Waals surface area contributed by atoms with E-state index in [1.54, 1.807) is 17.5 Å². The summed E-state index contributed by atoms with van der Waals surface area (Å²) in [6, 6.07) is 5.84. The van der Waals surface area contributed by atoms with Gasteiger partial charge in [0.05, 0.1) is 24.9 Å². The molecule has 1 saturated heterocycles. The maximum absolute atomic E-state index is 12.5. The average molecular weight is 320 g/mol. The fourth-order valence-corrected chi connectivity index (χ4v) is 3.23. The number of aromatic nitrogens is 2. The van der Waals surface area contributed by atoms with E-state index in [2.05, 4.69) is 21.6 Å². The van der Waals surface area contributed by atoms with E-state index in [0.717, 1.165) is 25.1 Å². The van der Waals surface area contributed by atoms with Gasteiger partial charge in [-0.3, -0.25) is 5.10 Å². The van der Waals surface area contributed by atoms with Crippen LogP contribution in [0.1, 0.15) is 23.4 Å². The van der Waals surface area contributed by atoms with Crippen LogP contribution in [0.5, 0.6) is 0 Å². The molecular formula is C15H20N4O2S. The minimum Gasteiger partial charge on any atom is -0.376 e. The third-order valence-corrected chi connectivity index (χ3v) is 4.51. The Kier molecular flexibility index (Phi) is 5.07. The summed E-state index contributed by atoms with van der Waals surface area (Å²) in [7, 11) is 0. The van der Waals surface area contributed by atoms with Crippen LogP contribution in [0.4, 0.5) is 4.79 Å². The van der Waals surface area contributed by atoms with E-state index in [1.165, 1.54) is 4.88 Å². The van der Waals surface area contributed by atoms with Crippen LogP contribution in [0, 0.1) is 0 Å². The van der Waals surface area contributed by atoms with Crippen molar-refractivity contribution < 1.29 is 9.53 Å². The Balaban J connectivity index is 1.59. The van der Waals surface area contributed by atoms with Crippen LogP contribution in [-0.4, -0.2) is 40.4 Å². The van der Waals surface area contributed by atoms with Crippen molar-refractivity contribution in [3.63, 3.8) is 0 Å². The van der Waals surface area contributed by atoms with E-state index in [-0.39, 0.29) is 12.1 Å². The zero-order valence-electron chi connectivity index (χ0n) is 12.3. The van der Waals surface area contributed by atoms with Crippen molar-refractivity contribution in [2.45, 2.75) is 32.0 Å². The molecule has 2 amide bonds. The van der Waals surface area contributed by atoms with Crippen LogP contribution in [0.2, 0.25) is 0 Å². The maximum atomic E-state index is 12.5. The molecule has 7 heteroatoms. The van der Waals surface area contributed by atoms with Gasteiger partial charge in [-0.25, -0.2) is 4.79 Å². The number of rotatable bonds is 6. The Labute approximate surface area is 133 Å². The zero-order valence-corrected chi connectivity index (χ0v) is 13.1. The molecule has 0 radical (unpaired) electrons. The third-order valence-electron chi connectivity index (χ3n) is 3.65. The summed E-state index contributed by atoms with van der Waals surface area (Å²) in [5, 5.41) is 11.7. The summed E-state index contributed by atoms with van der Waals surface area (Å²) in [4.78, 5) is 15.5. The van der Waals surface area contributed by atoms with Gasteiger partial charge in [0.2, 0.25) is 0 Å². The summed E-state index contributed by atoms with van der Waals surface area (Å²) in [5.41, 5.74) is 0.890. The molecular weight excluding hydrogens is 300 g/mol. The quantitative estimate of drug-likeness (QED) is 0.858. The van der Waals surface area contributed by atoms with Crippen LogP contribution in [0.3, 0.4) is 0 Å². The van der Waals surface area contributed by atoms with Gasteiger partial charge in [-0.1, -0.05) is 6.07 Å². The van der Waals surface area contributed by atoms with E-state index in [0.29, 0.717) is 19.6 Å². The van der Waals surface area contributed by atoms with E-state index in [4.69, 9.17) is 4.74 Å². The highest BCUT2D eigenvalue weighted by Crippen LogP contribution is 2.17. The van der Waals surface area contributed by atoms with Crippen molar-refractivity contribution in [1.29, 1.82) is 0 Å². The Morgan fingerprint density at radius 2 is 2.50 bits per heavy atom. The van der Waals surface area contributed by atoms with Gasteiger partial charge in [0.15, 0.2) is 0 Å². The number of nitrogens with one attached hydrogen (secondary N) is 2. The molecule has 1 unspecified atom stereocenters. The molecule has 118 valence electrons. The third kappa shape index (κ3) is 4.08. The van der Waals surface area contributed by atoms with Crippen LogP contribution in [-0.2, 0) is 17.8 Å². The van der Waals surface area contributed by atoms with Crippen LogP contribution in [0.25, 0.3) is 0 Å². The highest BCUT2D eigenvalue weighted by atomic mass is 32.1. The van der Waals surface area contributed by atoms with E-state index in [1.807, 2.05) is 22.4 Å². The van der Waals surface area contributed by atoms with Gasteiger partial charge >= 0.3 is 6.03 Å². The maximum Gasteiger partial charge on any atom is 0.318 e. The standard InChI is InChI=1S/C15H20N4O2S/c20-15(16-9-12-5-6-17-18-12)19(10-13-3-1-7-21-13)11-14-4-2-8-22-14/h2,4-6,8,13H,1,3,7,9-11H2,(H,16,20)(H,17,18). The Bertz CT molecular complexity index is 564. The van der Waals surface area contributed by atoms with Crippen LogP contribution in [0.15, 0.2) is 29.8 Å². The molecule has 22 heavy (non-hydrogen) atoms. The molecule has 0 bridgehead atoms. The summed E-state index contributed by atoms with van der Waals surface area (Å²) < 4.78 is 5.67. The molecule has 2 aromatic heterocycles. The zero-order chi connectivity index (χ0) is 15.2. The highest BCUT2D eigenvalue weighted by molar-refractivity contribution is 7.09. The minimum atomic E-state index is -0.0708. The number of hydrogen-bond donors (Lipinski definition) is 2. The number of hydrogen-bond acceptors (Lipinski definition) is 4. The minimum absolute atomic E-state index is 0.0708. The topological polar surface area (TPSA) is 70.2 Å². The highest BCUT2D eigenvalue weighted by Gasteiger charge is 2.23. The molecule has 1 aliphatic heterocycles. The van der Waals surface area contributed by atoms with Gasteiger partial charge in [0.25, 0.3) is 0 Å². The number of amides is 2. The molecule has 1 fully saturated rings. The Morgan fingerprint density at radius 3 is 3.18 bits per heavy atom. The lowest BCUT2D eigenvalue weighted by Gasteiger charge is -2.25. The Morgan fingerprint density at radius 1 is 1.55 bits per heavy atom. The van der Waals surface area contributed by atoms with Gasteiger partial charge in [0.1, 0.15) is 0 Å². The first-order chi connectivity index (χ1) is 10.8. The molecule has 2 N–H and O–H groups in total. The van der Waals surface area contributed by atoms with Crippen molar-refractivity contribution in [2.24, 2.45) is 0 Å². The van der Waals surface area contributed by atoms with Gasteiger partial charge in [-0.15, -0.1) is 11.3 Å². The first-order valence-electron chi connectivity index (χ1n) is 7.46. The molecule has 3 heterocycles. The first kappa shape index (κ1) is 15.1. The second-order valence-electron chi connectivity index (χ2n) is 5.34. The van der Waals surface area contributed by atoms with Gasteiger partial charge in [0, 0.05) is 24.2 Å². The number of ether oxygens (including phenoxy) is 1. The average Bonchev–Trinajstić information content (AvgIpc) is 3.27. The molecule has 2 aromatic rings. The number of H-pyrrole nitrogens is 1. The molecule has 0 saturated carbocycles. The van der Waals surface area contributed by atoms with Crippen molar-refractivity contribution in [3.8, 4) is 0 Å². The predicted molar refractivity (Wildman–Crippen MR) is 84.5 cm³/mol. The summed E-state index contributed by atoms with van der Waals surface area (Å²) in [6.07, 6.45) is 3.93. The van der Waals surface area contributed by atoms with Crippen molar-refractivity contribution >= 4 is 17.4 Å². The lowest BCUT2D eigenvalue weighted by molar-refractivity contribution is 0.0796. The summed E-state index contributed by atoms with van der Waals surface area (Å²) >= 11 is 1.66. The largest absolute Gasteiger partial charge is 0.376 e. The monoisotopic (exact) mass is 320 g/mol. The van der Waals surface area contributed by atoms with Crippen molar-refractivity contribution in [3.05, 3.63) is 40.3 Å². The number of carbonyl (C=O) groups is 1. The van der Waals surface area contributed by atoms with E-state index < -0.39 is 0 Å². The number of thiophene rings is 1. The molecule has 0 aliphatic carbocycles. The summed E-state index contributed by atoms with van der Waals surface area (Å²) in [6.45, 7) is 2.50. The van der Waals surface area contributed by atoms with Crippen LogP contribution < -0.4 is 5.32 Å².